The van der Waals surface area contributed by atoms with E-state index in [-0.39, 0.29) is 5.91 Å². The van der Waals surface area contributed by atoms with E-state index in [9.17, 15) is 4.79 Å². The average Bonchev–Trinajstić information content (AvgIpc) is 2.05. The van der Waals surface area contributed by atoms with Crippen LogP contribution in [-0.2, 0) is 6.42 Å². The molecule has 1 aromatic carbocycles. The molecule has 0 aliphatic carbocycles. The minimum atomic E-state index is -0.390. The summed E-state index contributed by atoms with van der Waals surface area (Å²) >= 11 is 0. The molecule has 0 unspecified atom stereocenters. The lowest BCUT2D eigenvalue weighted by Crippen LogP contribution is -2.15. The molecule has 0 aromatic heterocycles. The van der Waals surface area contributed by atoms with Gasteiger partial charge in [0.15, 0.2) is 0 Å². The molecule has 1 rings (SSSR count). The van der Waals surface area contributed by atoms with Gasteiger partial charge in [0, 0.05) is 5.56 Å². The molecule has 0 fully saturated rings. The molecule has 0 atom stereocenters. The highest BCUT2D eigenvalue weighted by atomic mass is 16.1. The van der Waals surface area contributed by atoms with E-state index in [2.05, 4.69) is 0 Å². The summed E-state index contributed by atoms with van der Waals surface area (Å²) in [7, 11) is 0. The molecule has 3 nitrogen and oxygen atoms in total. The molecule has 1 amide bonds. The molecule has 0 saturated carbocycles. The number of hydrogen-bond acceptors (Lipinski definition) is 2. The molecule has 0 spiro atoms. The smallest absolute Gasteiger partial charge is 0.248 e. The van der Waals surface area contributed by atoms with E-state index >= 15 is 0 Å². The van der Waals surface area contributed by atoms with Crippen LogP contribution in [0.25, 0.3) is 0 Å². The van der Waals surface area contributed by atoms with Crippen LogP contribution in [0.3, 0.4) is 0 Å². The fourth-order valence-corrected chi connectivity index (χ4v) is 1.13. The molecule has 64 valence electrons. The zero-order chi connectivity index (χ0) is 8.97. The van der Waals surface area contributed by atoms with Gasteiger partial charge in [0.05, 0.1) is 0 Å². The van der Waals surface area contributed by atoms with Crippen molar-refractivity contribution in [1.29, 1.82) is 0 Å². The van der Waals surface area contributed by atoms with E-state index < -0.39 is 0 Å². The molecule has 0 aliphatic rings. The number of hydrogen-bond donors (Lipinski definition) is 2. The summed E-state index contributed by atoms with van der Waals surface area (Å²) in [4.78, 5) is 10.9. The van der Waals surface area contributed by atoms with Crippen LogP contribution in [0.2, 0.25) is 0 Å². The van der Waals surface area contributed by atoms with Gasteiger partial charge in [-0.3, -0.25) is 4.79 Å². The van der Waals surface area contributed by atoms with Gasteiger partial charge in [0.25, 0.3) is 0 Å². The molecule has 0 saturated heterocycles. The van der Waals surface area contributed by atoms with Crippen LogP contribution in [0.4, 0.5) is 0 Å². The van der Waals surface area contributed by atoms with Gasteiger partial charge in [-0.2, -0.15) is 0 Å². The van der Waals surface area contributed by atoms with Crippen LogP contribution in [-0.4, -0.2) is 12.5 Å². The Morgan fingerprint density at radius 3 is 2.58 bits per heavy atom. The van der Waals surface area contributed by atoms with Gasteiger partial charge in [0.1, 0.15) is 0 Å². The SMILES string of the molecule is NCCc1ccccc1C(N)=O. The number of rotatable bonds is 3. The first-order valence-corrected chi connectivity index (χ1v) is 3.83. The topological polar surface area (TPSA) is 69.1 Å². The third-order valence-electron chi connectivity index (χ3n) is 1.70. The predicted octanol–water partition coefficient (Wildman–Crippen LogP) is 0.287. The summed E-state index contributed by atoms with van der Waals surface area (Å²) in [6, 6.07) is 7.25. The molecular formula is C9H12N2O. The second kappa shape index (κ2) is 3.88. The molecule has 3 heteroatoms. The van der Waals surface area contributed by atoms with Crippen LogP contribution in [0.1, 0.15) is 15.9 Å². The van der Waals surface area contributed by atoms with Gasteiger partial charge in [-0.05, 0) is 24.6 Å². The molecular weight excluding hydrogens is 152 g/mol. The lowest BCUT2D eigenvalue weighted by Gasteiger charge is -2.03. The minimum Gasteiger partial charge on any atom is -0.366 e. The van der Waals surface area contributed by atoms with Crippen molar-refractivity contribution in [2.45, 2.75) is 6.42 Å². The van der Waals surface area contributed by atoms with Gasteiger partial charge in [-0.15, -0.1) is 0 Å². The summed E-state index contributed by atoms with van der Waals surface area (Å²) in [5, 5.41) is 0. The van der Waals surface area contributed by atoms with E-state index in [0.717, 1.165) is 5.56 Å². The average molecular weight is 164 g/mol. The maximum atomic E-state index is 10.9. The number of nitrogens with two attached hydrogens (primary N) is 2. The molecule has 12 heavy (non-hydrogen) atoms. The standard InChI is InChI=1S/C9H12N2O/c10-6-5-7-3-1-2-4-8(7)9(11)12/h1-4H,5-6,10H2,(H2,11,12). The molecule has 4 N–H and O–H groups in total. The van der Waals surface area contributed by atoms with E-state index in [1.165, 1.54) is 0 Å². The van der Waals surface area contributed by atoms with Gasteiger partial charge in [-0.25, -0.2) is 0 Å². The Morgan fingerprint density at radius 1 is 1.33 bits per heavy atom. The monoisotopic (exact) mass is 164 g/mol. The lowest BCUT2D eigenvalue weighted by molar-refractivity contribution is 0.0999. The Kier molecular flexibility index (Phi) is 2.82. The van der Waals surface area contributed by atoms with Crippen LogP contribution in [0.5, 0.6) is 0 Å². The van der Waals surface area contributed by atoms with Crippen molar-refractivity contribution >= 4 is 5.91 Å². The second-order valence-electron chi connectivity index (χ2n) is 2.56. The quantitative estimate of drug-likeness (QED) is 0.674. The van der Waals surface area contributed by atoms with Crippen LogP contribution >= 0.6 is 0 Å². The Balaban J connectivity index is 3.00. The highest BCUT2D eigenvalue weighted by Gasteiger charge is 2.04. The number of primary amides is 1. The van der Waals surface area contributed by atoms with Crippen molar-refractivity contribution in [3.05, 3.63) is 35.4 Å². The van der Waals surface area contributed by atoms with Gasteiger partial charge in [0.2, 0.25) is 5.91 Å². The molecule has 1 aromatic rings. The van der Waals surface area contributed by atoms with E-state index in [0.29, 0.717) is 18.5 Å². The predicted molar refractivity (Wildman–Crippen MR) is 47.7 cm³/mol. The number of benzene rings is 1. The largest absolute Gasteiger partial charge is 0.366 e. The number of carbonyl (C=O) groups excluding carboxylic acids is 1. The van der Waals surface area contributed by atoms with E-state index in [4.69, 9.17) is 11.5 Å². The minimum absolute atomic E-state index is 0.390. The summed E-state index contributed by atoms with van der Waals surface area (Å²) in [6.07, 6.45) is 0.694. The van der Waals surface area contributed by atoms with Gasteiger partial charge < -0.3 is 11.5 Å². The van der Waals surface area contributed by atoms with Crippen LogP contribution < -0.4 is 11.5 Å². The Bertz CT molecular complexity index is 284. The Hall–Kier alpha value is -1.35. The zero-order valence-electron chi connectivity index (χ0n) is 6.79. The highest BCUT2D eigenvalue weighted by Crippen LogP contribution is 2.07. The lowest BCUT2D eigenvalue weighted by atomic mass is 10.0. The summed E-state index contributed by atoms with van der Waals surface area (Å²) in [5.74, 6) is -0.390. The maximum Gasteiger partial charge on any atom is 0.248 e. The third kappa shape index (κ3) is 1.83. The first-order valence-electron chi connectivity index (χ1n) is 3.83. The van der Waals surface area contributed by atoms with Crippen LogP contribution in [0, 0.1) is 0 Å². The van der Waals surface area contributed by atoms with Gasteiger partial charge in [-0.1, -0.05) is 18.2 Å². The summed E-state index contributed by atoms with van der Waals surface area (Å²) < 4.78 is 0. The maximum absolute atomic E-state index is 10.9. The van der Waals surface area contributed by atoms with Crippen molar-refractivity contribution in [2.75, 3.05) is 6.54 Å². The zero-order valence-corrected chi connectivity index (χ0v) is 6.79. The van der Waals surface area contributed by atoms with Crippen molar-refractivity contribution in [1.82, 2.24) is 0 Å². The normalized spacial score (nSPS) is 9.75. The fraction of sp³-hybridized carbons (Fsp3) is 0.222. The highest BCUT2D eigenvalue weighted by molar-refractivity contribution is 5.94. The van der Waals surface area contributed by atoms with E-state index in [1.54, 1.807) is 12.1 Å². The number of carbonyl (C=O) groups is 1. The third-order valence-corrected chi connectivity index (χ3v) is 1.70. The van der Waals surface area contributed by atoms with Crippen LogP contribution in [0.15, 0.2) is 24.3 Å². The first kappa shape index (κ1) is 8.74. The molecule has 0 bridgehead atoms. The Morgan fingerprint density at radius 2 is 2.00 bits per heavy atom. The van der Waals surface area contributed by atoms with Crippen molar-refractivity contribution in [3.8, 4) is 0 Å². The molecule has 0 heterocycles. The Labute approximate surface area is 71.4 Å². The number of amides is 1. The fourth-order valence-electron chi connectivity index (χ4n) is 1.13. The molecule has 0 aliphatic heterocycles. The van der Waals surface area contributed by atoms with Crippen molar-refractivity contribution in [3.63, 3.8) is 0 Å². The van der Waals surface area contributed by atoms with Gasteiger partial charge >= 0.3 is 0 Å². The summed E-state index contributed by atoms with van der Waals surface area (Å²) in [6.45, 7) is 0.532. The summed E-state index contributed by atoms with van der Waals surface area (Å²) in [5.41, 5.74) is 12.0. The molecule has 0 radical (unpaired) electrons. The van der Waals surface area contributed by atoms with Crippen molar-refractivity contribution in [2.24, 2.45) is 11.5 Å². The second-order valence-corrected chi connectivity index (χ2v) is 2.56. The van der Waals surface area contributed by atoms with Crippen molar-refractivity contribution < 1.29 is 4.79 Å². The van der Waals surface area contributed by atoms with E-state index in [1.807, 2.05) is 12.1 Å². The first-order chi connectivity index (χ1) is 5.75.